The monoisotopic (exact) mass is 543 g/mol. The highest BCUT2D eigenvalue weighted by atomic mass is 127. The number of amides is 1. The van der Waals surface area contributed by atoms with Crippen molar-refractivity contribution in [3.05, 3.63) is 60.7 Å². The Morgan fingerprint density at radius 3 is 2.33 bits per heavy atom. The largest absolute Gasteiger partial charge is 0.386 e. The van der Waals surface area contributed by atoms with E-state index in [1.807, 2.05) is 50.4 Å². The van der Waals surface area contributed by atoms with Gasteiger partial charge >= 0.3 is 0 Å². The van der Waals surface area contributed by atoms with E-state index < -0.39 is 0 Å². The Bertz CT molecular complexity index is 837. The van der Waals surface area contributed by atoms with Gasteiger partial charge in [0.1, 0.15) is 0 Å². The summed E-state index contributed by atoms with van der Waals surface area (Å²) in [5, 5.41) is 9.07. The van der Waals surface area contributed by atoms with Crippen molar-refractivity contribution in [1.29, 1.82) is 0 Å². The number of carbonyl (C=O) groups is 1. The van der Waals surface area contributed by atoms with Crippen LogP contribution in [0.1, 0.15) is 12.5 Å². The van der Waals surface area contributed by atoms with Gasteiger partial charge in [-0.2, -0.15) is 10.1 Å². The lowest BCUT2D eigenvalue weighted by atomic mass is 10.1. The Kier molecular flexibility index (Phi) is 5.24. The molecule has 0 saturated carbocycles. The first-order chi connectivity index (χ1) is 11.5. The van der Waals surface area contributed by atoms with E-state index in [-0.39, 0.29) is 5.91 Å². The molecule has 1 N–H and O–H groups in total. The molecule has 3 rings (SSSR count). The Morgan fingerprint density at radius 1 is 1.12 bits per heavy atom. The molecule has 0 aliphatic carbocycles. The molecule has 6 heteroatoms. The van der Waals surface area contributed by atoms with Crippen LogP contribution in [0.15, 0.2) is 53.1 Å². The molecule has 0 spiro atoms. The average Bonchev–Trinajstić information content (AvgIpc) is 2.84. The predicted octanol–water partition coefficient (Wildman–Crippen LogP) is 4.74. The summed E-state index contributed by atoms with van der Waals surface area (Å²) in [5.41, 5.74) is 4.23. The quantitative estimate of drug-likeness (QED) is 0.449. The van der Waals surface area contributed by atoms with Crippen molar-refractivity contribution in [3.8, 4) is 0 Å². The normalized spacial score (nSPS) is 15.8. The molecule has 1 aliphatic heterocycles. The zero-order chi connectivity index (χ0) is 17.3. The number of benzene rings is 2. The smallest absolute Gasteiger partial charge is 0.280 e. The van der Waals surface area contributed by atoms with E-state index >= 15 is 0 Å². The minimum Gasteiger partial charge on any atom is -0.386 e. The SMILES string of the molecule is CNc1c(I)cc(/C=C2/C(=O)N(c3ccccc3)N=C2C)cc1I. The van der Waals surface area contributed by atoms with Crippen molar-refractivity contribution >= 4 is 74.3 Å². The van der Waals surface area contributed by atoms with Crippen LogP contribution in [-0.4, -0.2) is 18.7 Å². The van der Waals surface area contributed by atoms with Crippen molar-refractivity contribution in [1.82, 2.24) is 0 Å². The molecular formula is C18H15I2N3O. The van der Waals surface area contributed by atoms with Gasteiger partial charge in [-0.3, -0.25) is 4.79 Å². The number of hydrazone groups is 1. The van der Waals surface area contributed by atoms with Crippen LogP contribution < -0.4 is 10.3 Å². The maximum atomic E-state index is 12.7. The zero-order valence-corrected chi connectivity index (χ0v) is 17.5. The van der Waals surface area contributed by atoms with Crippen LogP contribution in [0.3, 0.4) is 0 Å². The molecule has 0 bridgehead atoms. The van der Waals surface area contributed by atoms with Gasteiger partial charge in [0.2, 0.25) is 0 Å². The molecule has 0 fully saturated rings. The molecule has 4 nitrogen and oxygen atoms in total. The van der Waals surface area contributed by atoms with Gasteiger partial charge in [-0.25, -0.2) is 0 Å². The first-order valence-corrected chi connectivity index (χ1v) is 9.50. The number of carbonyl (C=O) groups excluding carboxylic acids is 1. The molecule has 122 valence electrons. The molecule has 0 unspecified atom stereocenters. The van der Waals surface area contributed by atoms with Crippen LogP contribution in [0.4, 0.5) is 11.4 Å². The van der Waals surface area contributed by atoms with Gasteiger partial charge in [0, 0.05) is 14.2 Å². The second-order valence-electron chi connectivity index (χ2n) is 5.31. The number of hydrogen-bond acceptors (Lipinski definition) is 3. The standard InChI is InChI=1S/C18H15I2N3O/c1-11-14(8-12-9-15(19)17(21-2)16(20)10-12)18(24)23(22-11)13-6-4-3-5-7-13/h3-10,21H,1-2H3/b14-8+. The lowest BCUT2D eigenvalue weighted by molar-refractivity contribution is -0.114. The lowest BCUT2D eigenvalue weighted by Gasteiger charge is -2.11. The fourth-order valence-corrected chi connectivity index (χ4v) is 4.87. The van der Waals surface area contributed by atoms with Gasteiger partial charge in [0.15, 0.2) is 0 Å². The molecule has 0 radical (unpaired) electrons. The van der Waals surface area contributed by atoms with Crippen molar-refractivity contribution in [2.75, 3.05) is 17.4 Å². The first kappa shape index (κ1) is 17.4. The number of nitrogens with one attached hydrogen (secondary N) is 1. The maximum Gasteiger partial charge on any atom is 0.280 e. The van der Waals surface area contributed by atoms with Gasteiger partial charge in [-0.1, -0.05) is 18.2 Å². The number of rotatable bonds is 3. The van der Waals surface area contributed by atoms with E-state index in [1.54, 1.807) is 0 Å². The summed E-state index contributed by atoms with van der Waals surface area (Å²) in [4.78, 5) is 12.7. The van der Waals surface area contributed by atoms with Crippen LogP contribution in [0.2, 0.25) is 0 Å². The number of anilines is 2. The third kappa shape index (κ3) is 3.34. The Balaban J connectivity index is 1.97. The fraction of sp³-hybridized carbons (Fsp3) is 0.111. The molecule has 2 aromatic rings. The van der Waals surface area contributed by atoms with Gasteiger partial charge < -0.3 is 5.32 Å². The first-order valence-electron chi connectivity index (χ1n) is 7.35. The third-order valence-corrected chi connectivity index (χ3v) is 5.39. The molecule has 1 amide bonds. The number of nitrogens with zero attached hydrogens (tertiary/aromatic N) is 2. The number of halogens is 2. The highest BCUT2D eigenvalue weighted by Gasteiger charge is 2.28. The summed E-state index contributed by atoms with van der Waals surface area (Å²) in [5.74, 6) is -0.0959. The molecule has 1 heterocycles. The molecule has 24 heavy (non-hydrogen) atoms. The minimum absolute atomic E-state index is 0.0959. The Hall–Kier alpha value is -1.42. The van der Waals surface area contributed by atoms with E-state index in [4.69, 9.17) is 0 Å². The van der Waals surface area contributed by atoms with Crippen LogP contribution in [-0.2, 0) is 4.79 Å². The molecule has 0 atom stereocenters. The number of hydrogen-bond donors (Lipinski definition) is 1. The fourth-order valence-electron chi connectivity index (χ4n) is 2.51. The van der Waals surface area contributed by atoms with Crippen molar-refractivity contribution < 1.29 is 4.79 Å². The van der Waals surface area contributed by atoms with E-state index in [0.29, 0.717) is 5.57 Å². The van der Waals surface area contributed by atoms with Crippen LogP contribution in [0.25, 0.3) is 6.08 Å². The summed E-state index contributed by atoms with van der Waals surface area (Å²) in [7, 11) is 1.91. The van der Waals surface area contributed by atoms with Crippen LogP contribution in [0.5, 0.6) is 0 Å². The molecule has 0 saturated heterocycles. The Morgan fingerprint density at radius 2 is 1.75 bits per heavy atom. The topological polar surface area (TPSA) is 44.7 Å². The second-order valence-corrected chi connectivity index (χ2v) is 7.63. The van der Waals surface area contributed by atoms with Gasteiger partial charge in [-0.05, 0) is 88.0 Å². The van der Waals surface area contributed by atoms with E-state index in [9.17, 15) is 4.79 Å². The highest BCUT2D eigenvalue weighted by Crippen LogP contribution is 2.29. The summed E-state index contributed by atoms with van der Waals surface area (Å²) in [6, 6.07) is 13.6. The van der Waals surface area contributed by atoms with Crippen LogP contribution in [0, 0.1) is 7.14 Å². The summed E-state index contributed by atoms with van der Waals surface area (Å²) in [6.45, 7) is 1.87. The van der Waals surface area contributed by atoms with Gasteiger partial charge in [0.05, 0.1) is 22.7 Å². The molecular weight excluding hydrogens is 528 g/mol. The zero-order valence-electron chi connectivity index (χ0n) is 13.2. The van der Waals surface area contributed by atoms with Crippen molar-refractivity contribution in [2.45, 2.75) is 6.92 Å². The molecule has 1 aliphatic rings. The summed E-state index contributed by atoms with van der Waals surface area (Å²) >= 11 is 4.60. The van der Waals surface area contributed by atoms with Crippen molar-refractivity contribution in [3.63, 3.8) is 0 Å². The highest BCUT2D eigenvalue weighted by molar-refractivity contribution is 14.1. The van der Waals surface area contributed by atoms with E-state index in [0.717, 1.165) is 29.8 Å². The van der Waals surface area contributed by atoms with Gasteiger partial charge in [0.25, 0.3) is 5.91 Å². The van der Waals surface area contributed by atoms with Crippen LogP contribution >= 0.6 is 45.2 Å². The third-order valence-electron chi connectivity index (χ3n) is 3.69. The number of para-hydroxylation sites is 1. The molecule has 2 aromatic carbocycles. The second kappa shape index (κ2) is 7.22. The molecule has 0 aromatic heterocycles. The van der Waals surface area contributed by atoms with E-state index in [1.165, 1.54) is 5.01 Å². The minimum atomic E-state index is -0.0959. The van der Waals surface area contributed by atoms with Crippen molar-refractivity contribution in [2.24, 2.45) is 5.10 Å². The van der Waals surface area contributed by atoms with E-state index in [2.05, 4.69) is 67.7 Å². The summed E-state index contributed by atoms with van der Waals surface area (Å²) in [6.07, 6.45) is 1.91. The average molecular weight is 543 g/mol. The Labute approximate surface area is 168 Å². The maximum absolute atomic E-state index is 12.7. The lowest BCUT2D eigenvalue weighted by Crippen LogP contribution is -2.21. The van der Waals surface area contributed by atoms with Gasteiger partial charge in [-0.15, -0.1) is 0 Å². The summed E-state index contributed by atoms with van der Waals surface area (Å²) < 4.78 is 2.24. The predicted molar refractivity (Wildman–Crippen MR) is 116 cm³/mol.